The molecule has 0 spiro atoms. The Hall–Kier alpha value is -1.19. The van der Waals surface area contributed by atoms with Gasteiger partial charge in [-0.3, -0.25) is 4.90 Å². The highest BCUT2D eigenvalue weighted by molar-refractivity contribution is 7.71. The van der Waals surface area contributed by atoms with Gasteiger partial charge in [-0.25, -0.2) is 0 Å². The van der Waals surface area contributed by atoms with Crippen molar-refractivity contribution < 1.29 is 24.9 Å². The van der Waals surface area contributed by atoms with Crippen LogP contribution in [-0.4, -0.2) is 77.6 Å². The van der Waals surface area contributed by atoms with Crippen LogP contribution < -0.4 is 9.57 Å². The van der Waals surface area contributed by atoms with Gasteiger partial charge in [-0.15, -0.1) is 0 Å². The molecule has 0 aromatic carbocycles. The summed E-state index contributed by atoms with van der Waals surface area (Å²) in [6, 6.07) is 3.56. The minimum absolute atomic E-state index is 0.0410. The molecule has 0 fully saturated rings. The first-order valence-electron chi connectivity index (χ1n) is 7.75. The monoisotopic (exact) mass is 346 g/mol. The highest BCUT2D eigenvalue weighted by atomic mass is 32.1. The average Bonchev–Trinajstić information content (AvgIpc) is 2.55. The number of ether oxygens (including phenoxy) is 1. The van der Waals surface area contributed by atoms with E-state index in [1.165, 1.54) is 4.73 Å². The first kappa shape index (κ1) is 19.9. The molecule has 0 unspecified atom stereocenters. The maximum absolute atomic E-state index is 8.96. The fourth-order valence-corrected chi connectivity index (χ4v) is 2.19. The molecule has 1 heterocycles. The molecule has 0 saturated heterocycles. The van der Waals surface area contributed by atoms with Crippen LogP contribution in [0.3, 0.4) is 0 Å². The molecule has 0 aliphatic heterocycles. The highest BCUT2D eigenvalue weighted by Gasteiger charge is 2.06. The van der Waals surface area contributed by atoms with Gasteiger partial charge in [0.15, 0.2) is 10.4 Å². The predicted molar refractivity (Wildman–Crippen MR) is 89.1 cm³/mol. The molecule has 23 heavy (non-hydrogen) atoms. The molecule has 1 aromatic heterocycles. The van der Waals surface area contributed by atoms with Gasteiger partial charge >= 0.3 is 0 Å². The zero-order chi connectivity index (χ0) is 16.9. The summed E-state index contributed by atoms with van der Waals surface area (Å²) in [5, 5.41) is 26.7. The quantitative estimate of drug-likeness (QED) is 0.344. The molecule has 1 rings (SSSR count). The van der Waals surface area contributed by atoms with Gasteiger partial charge < -0.3 is 24.9 Å². The molecule has 0 aliphatic carbocycles. The molecule has 0 amide bonds. The Morgan fingerprint density at radius 2 is 1.74 bits per heavy atom. The molecule has 1 aromatic rings. The maximum atomic E-state index is 8.96. The average molecular weight is 346 g/mol. The zero-order valence-corrected chi connectivity index (χ0v) is 14.1. The van der Waals surface area contributed by atoms with Crippen LogP contribution in [-0.2, 0) is 0 Å². The first-order chi connectivity index (χ1) is 11.2. The number of hydrogen-bond donors (Lipinski definition) is 3. The Labute approximate surface area is 141 Å². The van der Waals surface area contributed by atoms with Crippen molar-refractivity contribution in [2.45, 2.75) is 12.8 Å². The highest BCUT2D eigenvalue weighted by Crippen LogP contribution is 2.12. The fraction of sp³-hybridized carbons (Fsp3) is 0.667. The van der Waals surface area contributed by atoms with Crippen LogP contribution in [0.25, 0.3) is 0 Å². The molecule has 8 heteroatoms. The third-order valence-electron chi connectivity index (χ3n) is 3.16. The summed E-state index contributed by atoms with van der Waals surface area (Å²) in [4.78, 5) is 7.44. The van der Waals surface area contributed by atoms with Crippen LogP contribution in [0.5, 0.6) is 5.75 Å². The predicted octanol–water partition coefficient (Wildman–Crippen LogP) is 0.0841. The number of pyridine rings is 1. The Morgan fingerprint density at radius 1 is 1.00 bits per heavy atom. The number of rotatable bonds is 13. The number of aromatic nitrogens is 1. The number of nitrogens with zero attached hydrogens (tertiary/aromatic N) is 2. The van der Waals surface area contributed by atoms with Gasteiger partial charge in [0.2, 0.25) is 0 Å². The molecular weight excluding hydrogens is 320 g/mol. The molecule has 0 bridgehead atoms. The number of aliphatic hydroxyl groups is 3. The van der Waals surface area contributed by atoms with Crippen LogP contribution in [0.15, 0.2) is 18.3 Å². The van der Waals surface area contributed by atoms with Crippen molar-refractivity contribution in [2.24, 2.45) is 0 Å². The summed E-state index contributed by atoms with van der Waals surface area (Å²) in [5.74, 6) is 0.553. The van der Waals surface area contributed by atoms with E-state index >= 15 is 0 Å². The van der Waals surface area contributed by atoms with E-state index in [0.29, 0.717) is 49.7 Å². The van der Waals surface area contributed by atoms with Crippen LogP contribution in [0.2, 0.25) is 0 Å². The van der Waals surface area contributed by atoms with Crippen molar-refractivity contribution in [3.05, 3.63) is 23.0 Å². The normalized spacial score (nSPS) is 11.0. The molecule has 132 valence electrons. The topological polar surface area (TPSA) is 87.3 Å². The molecular formula is C15H26N2O5S. The van der Waals surface area contributed by atoms with Gasteiger partial charge in [0, 0.05) is 32.4 Å². The standard InChI is InChI=1S/C15H26N2O5S/c18-9-1-2-12-22-17-5-3-4-14(15(17)23)21-13-8-16(6-10-19)7-11-20/h3-5,18-20H,1-2,6-13H2. The summed E-state index contributed by atoms with van der Waals surface area (Å²) >= 11 is 5.32. The minimum Gasteiger partial charge on any atom is -0.489 e. The lowest BCUT2D eigenvalue weighted by Gasteiger charge is -2.20. The Bertz CT molecular complexity index is 477. The largest absolute Gasteiger partial charge is 0.489 e. The summed E-state index contributed by atoms with van der Waals surface area (Å²) in [6.45, 7) is 2.68. The van der Waals surface area contributed by atoms with Gasteiger partial charge in [-0.05, 0) is 25.0 Å². The second kappa shape index (κ2) is 12.3. The Kier molecular flexibility index (Phi) is 10.6. The van der Waals surface area contributed by atoms with E-state index in [4.69, 9.17) is 37.1 Å². The van der Waals surface area contributed by atoms with Crippen LogP contribution in [0.4, 0.5) is 0 Å². The van der Waals surface area contributed by atoms with Gasteiger partial charge in [-0.2, -0.15) is 4.73 Å². The van der Waals surface area contributed by atoms with E-state index in [2.05, 4.69) is 0 Å². The lowest BCUT2D eigenvalue weighted by molar-refractivity contribution is 0.0954. The van der Waals surface area contributed by atoms with Crippen LogP contribution in [0, 0.1) is 4.64 Å². The van der Waals surface area contributed by atoms with E-state index < -0.39 is 0 Å². The number of aliphatic hydroxyl groups excluding tert-OH is 3. The Balaban J connectivity index is 2.48. The summed E-state index contributed by atoms with van der Waals surface area (Å²) in [7, 11) is 0. The van der Waals surface area contributed by atoms with Gasteiger partial charge in [-0.1, -0.05) is 12.2 Å². The number of hydrogen-bond acceptors (Lipinski definition) is 7. The van der Waals surface area contributed by atoms with Crippen molar-refractivity contribution in [3.63, 3.8) is 0 Å². The summed E-state index contributed by atoms with van der Waals surface area (Å²) < 4.78 is 7.62. The van der Waals surface area contributed by atoms with E-state index in [-0.39, 0.29) is 19.8 Å². The van der Waals surface area contributed by atoms with E-state index in [1.54, 1.807) is 18.3 Å². The van der Waals surface area contributed by atoms with Crippen molar-refractivity contribution in [1.29, 1.82) is 0 Å². The van der Waals surface area contributed by atoms with E-state index in [9.17, 15) is 0 Å². The van der Waals surface area contributed by atoms with E-state index in [0.717, 1.165) is 6.42 Å². The fourth-order valence-electron chi connectivity index (χ4n) is 1.95. The molecule has 0 atom stereocenters. The van der Waals surface area contributed by atoms with Crippen LogP contribution in [0.1, 0.15) is 12.8 Å². The molecule has 0 aliphatic rings. The first-order valence-corrected chi connectivity index (χ1v) is 8.16. The van der Waals surface area contributed by atoms with Gasteiger partial charge in [0.05, 0.1) is 13.2 Å². The van der Waals surface area contributed by atoms with Crippen molar-refractivity contribution >= 4 is 12.2 Å². The van der Waals surface area contributed by atoms with Gasteiger partial charge in [0.25, 0.3) is 0 Å². The zero-order valence-electron chi connectivity index (χ0n) is 13.3. The lowest BCUT2D eigenvalue weighted by Crippen LogP contribution is -2.33. The smallest absolute Gasteiger partial charge is 0.184 e. The summed E-state index contributed by atoms with van der Waals surface area (Å²) in [6.07, 6.45) is 3.16. The van der Waals surface area contributed by atoms with Gasteiger partial charge in [0.1, 0.15) is 13.2 Å². The third kappa shape index (κ3) is 7.76. The number of unbranched alkanes of at least 4 members (excludes halogenated alkanes) is 1. The summed E-state index contributed by atoms with van der Waals surface area (Å²) in [5.41, 5.74) is 0. The maximum Gasteiger partial charge on any atom is 0.184 e. The van der Waals surface area contributed by atoms with Crippen molar-refractivity contribution in [3.8, 4) is 5.75 Å². The molecule has 7 nitrogen and oxygen atoms in total. The lowest BCUT2D eigenvalue weighted by atomic mass is 10.3. The van der Waals surface area contributed by atoms with Crippen molar-refractivity contribution in [2.75, 3.05) is 52.7 Å². The molecule has 0 radical (unpaired) electrons. The van der Waals surface area contributed by atoms with E-state index in [1.807, 2.05) is 4.90 Å². The Morgan fingerprint density at radius 3 is 2.39 bits per heavy atom. The second-order valence-electron chi connectivity index (χ2n) is 4.90. The van der Waals surface area contributed by atoms with Crippen LogP contribution >= 0.6 is 12.2 Å². The van der Waals surface area contributed by atoms with Crippen molar-refractivity contribution in [1.82, 2.24) is 9.63 Å². The molecule has 0 saturated carbocycles. The molecule has 3 N–H and O–H groups in total. The minimum atomic E-state index is 0.0410. The SMILES string of the molecule is OCCCCOn1cccc(OCCN(CCO)CCO)c1=S. The third-order valence-corrected chi connectivity index (χ3v) is 3.54. The second-order valence-corrected chi connectivity index (χ2v) is 5.29.